The van der Waals surface area contributed by atoms with Gasteiger partial charge in [0, 0.05) is 17.8 Å². The number of carbonyl (C=O) groups is 1. The van der Waals surface area contributed by atoms with Crippen molar-refractivity contribution in [3.05, 3.63) is 60.3 Å². The van der Waals surface area contributed by atoms with Gasteiger partial charge in [0.15, 0.2) is 0 Å². The molecule has 108 valence electrons. The van der Waals surface area contributed by atoms with Crippen LogP contribution in [-0.2, 0) is 9.53 Å². The first kappa shape index (κ1) is 15.0. The van der Waals surface area contributed by atoms with E-state index in [2.05, 4.69) is 4.98 Å². The van der Waals surface area contributed by atoms with E-state index in [1.165, 1.54) is 6.08 Å². The van der Waals surface area contributed by atoms with E-state index < -0.39 is 5.60 Å². The van der Waals surface area contributed by atoms with Gasteiger partial charge in [-0.05, 0) is 44.5 Å². The number of carbonyl (C=O) groups excluding carboxylic acids is 1. The SMILES string of the molecule is CC(C)(C)OC(=O)/C=C/c1ccc(-c2ccccn2)cc1. The Labute approximate surface area is 125 Å². The molecule has 1 aromatic heterocycles. The predicted molar refractivity (Wildman–Crippen MR) is 84.6 cm³/mol. The molecular formula is C18H19NO2. The molecule has 3 nitrogen and oxygen atoms in total. The molecule has 0 bridgehead atoms. The Morgan fingerprint density at radius 3 is 2.38 bits per heavy atom. The van der Waals surface area contributed by atoms with E-state index in [9.17, 15) is 4.79 Å². The van der Waals surface area contributed by atoms with Crippen LogP contribution in [0.2, 0.25) is 0 Å². The molecule has 0 aliphatic rings. The normalized spacial score (nSPS) is 11.6. The Morgan fingerprint density at radius 1 is 1.10 bits per heavy atom. The van der Waals surface area contributed by atoms with Crippen LogP contribution >= 0.6 is 0 Å². The third kappa shape index (κ3) is 4.88. The van der Waals surface area contributed by atoms with Crippen LogP contribution in [0.4, 0.5) is 0 Å². The van der Waals surface area contributed by atoms with Gasteiger partial charge in [-0.15, -0.1) is 0 Å². The molecule has 0 aliphatic heterocycles. The van der Waals surface area contributed by atoms with Gasteiger partial charge in [0.2, 0.25) is 0 Å². The summed E-state index contributed by atoms with van der Waals surface area (Å²) in [4.78, 5) is 15.9. The Morgan fingerprint density at radius 2 is 1.81 bits per heavy atom. The van der Waals surface area contributed by atoms with Crippen molar-refractivity contribution in [1.29, 1.82) is 0 Å². The Balaban J connectivity index is 2.05. The van der Waals surface area contributed by atoms with Crippen molar-refractivity contribution in [1.82, 2.24) is 4.98 Å². The van der Waals surface area contributed by atoms with E-state index in [1.54, 1.807) is 12.3 Å². The quantitative estimate of drug-likeness (QED) is 0.628. The summed E-state index contributed by atoms with van der Waals surface area (Å²) in [5.74, 6) is -0.337. The molecule has 2 aromatic rings. The monoisotopic (exact) mass is 281 g/mol. The van der Waals surface area contributed by atoms with Crippen molar-refractivity contribution in [3.63, 3.8) is 0 Å². The summed E-state index contributed by atoms with van der Waals surface area (Å²) in [6, 6.07) is 13.7. The lowest BCUT2D eigenvalue weighted by atomic mass is 10.1. The van der Waals surface area contributed by atoms with Crippen LogP contribution in [0.15, 0.2) is 54.7 Å². The first-order chi connectivity index (χ1) is 9.94. The van der Waals surface area contributed by atoms with Crippen molar-refractivity contribution in [3.8, 4) is 11.3 Å². The Bertz CT molecular complexity index is 623. The lowest BCUT2D eigenvalue weighted by Gasteiger charge is -2.17. The van der Waals surface area contributed by atoms with Crippen LogP contribution in [0.1, 0.15) is 26.3 Å². The predicted octanol–water partition coefficient (Wildman–Crippen LogP) is 4.10. The van der Waals surface area contributed by atoms with Gasteiger partial charge in [0.05, 0.1) is 5.69 Å². The molecular weight excluding hydrogens is 262 g/mol. The standard InChI is InChI=1S/C18H19NO2/c1-18(2,3)21-17(20)12-9-14-7-10-15(11-8-14)16-6-4-5-13-19-16/h4-13H,1-3H3/b12-9+. The fourth-order valence-electron chi connectivity index (χ4n) is 1.80. The molecule has 0 N–H and O–H groups in total. The third-order valence-corrected chi connectivity index (χ3v) is 2.69. The molecule has 1 aromatic carbocycles. The van der Waals surface area contributed by atoms with E-state index in [4.69, 9.17) is 4.74 Å². The zero-order valence-electron chi connectivity index (χ0n) is 12.5. The van der Waals surface area contributed by atoms with E-state index >= 15 is 0 Å². The summed E-state index contributed by atoms with van der Waals surface area (Å²) in [7, 11) is 0. The van der Waals surface area contributed by atoms with Crippen molar-refractivity contribution >= 4 is 12.0 Å². The second kappa shape index (κ2) is 6.35. The minimum Gasteiger partial charge on any atom is -0.457 e. The maximum atomic E-state index is 11.6. The van der Waals surface area contributed by atoms with Crippen molar-refractivity contribution in [2.45, 2.75) is 26.4 Å². The minimum absolute atomic E-state index is 0.337. The van der Waals surface area contributed by atoms with Gasteiger partial charge in [-0.3, -0.25) is 4.98 Å². The van der Waals surface area contributed by atoms with Gasteiger partial charge in [-0.2, -0.15) is 0 Å². The number of rotatable bonds is 3. The average molecular weight is 281 g/mol. The minimum atomic E-state index is -0.468. The van der Waals surface area contributed by atoms with Crippen molar-refractivity contribution < 1.29 is 9.53 Å². The van der Waals surface area contributed by atoms with E-state index in [0.717, 1.165) is 16.8 Å². The molecule has 0 saturated carbocycles. The van der Waals surface area contributed by atoms with Crippen LogP contribution in [-0.4, -0.2) is 16.6 Å². The third-order valence-electron chi connectivity index (χ3n) is 2.69. The molecule has 2 rings (SSSR count). The molecule has 0 spiro atoms. The lowest BCUT2D eigenvalue weighted by Crippen LogP contribution is -2.22. The zero-order chi connectivity index (χ0) is 15.3. The molecule has 0 radical (unpaired) electrons. The van der Waals surface area contributed by atoms with E-state index in [1.807, 2.05) is 63.2 Å². The molecule has 0 amide bonds. The second-order valence-corrected chi connectivity index (χ2v) is 5.70. The molecule has 21 heavy (non-hydrogen) atoms. The van der Waals surface area contributed by atoms with Crippen LogP contribution in [0, 0.1) is 0 Å². The highest BCUT2D eigenvalue weighted by molar-refractivity contribution is 5.87. The average Bonchev–Trinajstić information content (AvgIpc) is 2.45. The molecule has 3 heteroatoms. The number of benzene rings is 1. The largest absolute Gasteiger partial charge is 0.457 e. The molecule has 1 heterocycles. The summed E-state index contributed by atoms with van der Waals surface area (Å²) in [5, 5.41) is 0. The van der Waals surface area contributed by atoms with Crippen molar-refractivity contribution in [2.24, 2.45) is 0 Å². The molecule has 0 unspecified atom stereocenters. The highest BCUT2D eigenvalue weighted by Crippen LogP contribution is 2.17. The summed E-state index contributed by atoms with van der Waals surface area (Å²) in [6.07, 6.45) is 4.96. The number of hydrogen-bond donors (Lipinski definition) is 0. The fraction of sp³-hybridized carbons (Fsp3) is 0.222. The summed E-state index contributed by atoms with van der Waals surface area (Å²) in [5.41, 5.74) is 2.45. The number of nitrogens with zero attached hydrogens (tertiary/aromatic N) is 1. The highest BCUT2D eigenvalue weighted by atomic mass is 16.6. The maximum absolute atomic E-state index is 11.6. The topological polar surface area (TPSA) is 39.2 Å². The molecule has 0 atom stereocenters. The molecule has 0 fully saturated rings. The number of pyridine rings is 1. The zero-order valence-corrected chi connectivity index (χ0v) is 12.5. The number of aromatic nitrogens is 1. The summed E-state index contributed by atoms with van der Waals surface area (Å²) in [6.45, 7) is 5.54. The van der Waals surface area contributed by atoms with Gasteiger partial charge >= 0.3 is 5.97 Å². The maximum Gasteiger partial charge on any atom is 0.331 e. The first-order valence-electron chi connectivity index (χ1n) is 6.86. The molecule has 0 aliphatic carbocycles. The van der Waals surface area contributed by atoms with Crippen LogP contribution in [0.5, 0.6) is 0 Å². The number of esters is 1. The van der Waals surface area contributed by atoms with Crippen molar-refractivity contribution in [2.75, 3.05) is 0 Å². The molecule has 0 saturated heterocycles. The summed E-state index contributed by atoms with van der Waals surface area (Å²) < 4.78 is 5.22. The Kier molecular flexibility index (Phi) is 4.53. The van der Waals surface area contributed by atoms with E-state index in [-0.39, 0.29) is 5.97 Å². The van der Waals surface area contributed by atoms with Gasteiger partial charge in [-0.25, -0.2) is 4.79 Å². The smallest absolute Gasteiger partial charge is 0.331 e. The van der Waals surface area contributed by atoms with Crippen LogP contribution in [0.3, 0.4) is 0 Å². The number of ether oxygens (including phenoxy) is 1. The van der Waals surface area contributed by atoms with Gasteiger partial charge < -0.3 is 4.74 Å². The van der Waals surface area contributed by atoms with Gasteiger partial charge in [0.1, 0.15) is 5.60 Å². The van der Waals surface area contributed by atoms with E-state index in [0.29, 0.717) is 0 Å². The Hall–Kier alpha value is -2.42. The highest BCUT2D eigenvalue weighted by Gasteiger charge is 2.13. The second-order valence-electron chi connectivity index (χ2n) is 5.70. The van der Waals surface area contributed by atoms with Crippen LogP contribution in [0.25, 0.3) is 17.3 Å². The van der Waals surface area contributed by atoms with Gasteiger partial charge in [-0.1, -0.05) is 30.3 Å². The summed E-state index contributed by atoms with van der Waals surface area (Å²) >= 11 is 0. The lowest BCUT2D eigenvalue weighted by molar-refractivity contribution is -0.148. The first-order valence-corrected chi connectivity index (χ1v) is 6.86. The van der Waals surface area contributed by atoms with Gasteiger partial charge in [0.25, 0.3) is 0 Å². The number of hydrogen-bond acceptors (Lipinski definition) is 3. The van der Waals surface area contributed by atoms with Crippen LogP contribution < -0.4 is 0 Å². The fourth-order valence-corrected chi connectivity index (χ4v) is 1.80.